The molecule has 2 rings (SSSR count). The topological polar surface area (TPSA) is 49.3 Å². The Morgan fingerprint density at radius 1 is 1.33 bits per heavy atom. The number of nitrogens with one attached hydrogen (secondary N) is 1. The average molecular weight is 209 g/mol. The summed E-state index contributed by atoms with van der Waals surface area (Å²) in [5.74, 6) is -1.55. The molecule has 4 heteroatoms. The number of halogens is 1. The first-order valence-electron chi connectivity index (χ1n) is 4.87. The highest BCUT2D eigenvalue weighted by atomic mass is 19.1. The Morgan fingerprint density at radius 3 is 2.60 bits per heavy atom. The van der Waals surface area contributed by atoms with E-state index in [1.54, 1.807) is 12.1 Å². The van der Waals surface area contributed by atoms with Crippen molar-refractivity contribution in [2.75, 3.05) is 13.1 Å². The zero-order chi connectivity index (χ0) is 10.8. The minimum absolute atomic E-state index is 0.0527. The molecule has 0 spiro atoms. The van der Waals surface area contributed by atoms with Crippen LogP contribution in [0.1, 0.15) is 11.5 Å². The van der Waals surface area contributed by atoms with Gasteiger partial charge in [-0.25, -0.2) is 4.39 Å². The van der Waals surface area contributed by atoms with Crippen molar-refractivity contribution in [2.45, 2.75) is 5.92 Å². The Morgan fingerprint density at radius 2 is 2.00 bits per heavy atom. The van der Waals surface area contributed by atoms with Crippen molar-refractivity contribution in [3.8, 4) is 0 Å². The highest BCUT2D eigenvalue weighted by Gasteiger charge is 2.33. The Labute approximate surface area is 86.9 Å². The fraction of sp³-hybridized carbons (Fsp3) is 0.364. The Hall–Kier alpha value is -1.42. The molecular formula is C11H12FNO2. The van der Waals surface area contributed by atoms with E-state index in [2.05, 4.69) is 5.32 Å². The molecule has 2 atom stereocenters. The van der Waals surface area contributed by atoms with Crippen LogP contribution >= 0.6 is 0 Å². The summed E-state index contributed by atoms with van der Waals surface area (Å²) in [6.45, 7) is 1.12. The Kier molecular flexibility index (Phi) is 2.68. The summed E-state index contributed by atoms with van der Waals surface area (Å²) in [7, 11) is 0. The lowest BCUT2D eigenvalue weighted by Crippen LogP contribution is -2.20. The van der Waals surface area contributed by atoms with Gasteiger partial charge in [0, 0.05) is 19.0 Å². The second-order valence-corrected chi connectivity index (χ2v) is 3.76. The van der Waals surface area contributed by atoms with E-state index in [9.17, 15) is 9.18 Å². The standard InChI is InChI=1S/C11H12FNO2/c12-8-3-1-7(2-4-8)9-5-13-6-10(9)11(14)15/h1-4,9-10,13H,5-6H2,(H,14,15)/t9-,10-/m1/s1. The van der Waals surface area contributed by atoms with Gasteiger partial charge in [0.05, 0.1) is 5.92 Å². The molecule has 0 aromatic heterocycles. The van der Waals surface area contributed by atoms with Crippen molar-refractivity contribution >= 4 is 5.97 Å². The van der Waals surface area contributed by atoms with Crippen LogP contribution in [-0.4, -0.2) is 24.2 Å². The number of hydrogen-bond donors (Lipinski definition) is 2. The highest BCUT2D eigenvalue weighted by Crippen LogP contribution is 2.28. The number of aliphatic carboxylic acids is 1. The van der Waals surface area contributed by atoms with Crippen molar-refractivity contribution in [1.82, 2.24) is 5.32 Å². The number of carboxylic acids is 1. The number of benzene rings is 1. The Bertz CT molecular complexity index is 363. The number of rotatable bonds is 2. The van der Waals surface area contributed by atoms with Gasteiger partial charge in [0.15, 0.2) is 0 Å². The summed E-state index contributed by atoms with van der Waals surface area (Å²) in [5.41, 5.74) is 0.883. The minimum Gasteiger partial charge on any atom is -0.481 e. The van der Waals surface area contributed by atoms with E-state index in [-0.39, 0.29) is 11.7 Å². The lowest BCUT2D eigenvalue weighted by molar-refractivity contribution is -0.141. The third-order valence-electron chi connectivity index (χ3n) is 2.83. The molecule has 3 nitrogen and oxygen atoms in total. The van der Waals surface area contributed by atoms with Crippen LogP contribution in [0, 0.1) is 11.7 Å². The zero-order valence-corrected chi connectivity index (χ0v) is 8.11. The Balaban J connectivity index is 2.22. The van der Waals surface area contributed by atoms with Gasteiger partial charge in [-0.1, -0.05) is 12.1 Å². The molecule has 0 amide bonds. The van der Waals surface area contributed by atoms with E-state index in [1.165, 1.54) is 12.1 Å². The lowest BCUT2D eigenvalue weighted by atomic mass is 9.89. The molecule has 0 saturated carbocycles. The second kappa shape index (κ2) is 3.98. The van der Waals surface area contributed by atoms with Gasteiger partial charge in [0.2, 0.25) is 0 Å². The average Bonchev–Trinajstić information content (AvgIpc) is 2.67. The van der Waals surface area contributed by atoms with Crippen LogP contribution in [0.3, 0.4) is 0 Å². The fourth-order valence-electron chi connectivity index (χ4n) is 2.00. The van der Waals surface area contributed by atoms with Gasteiger partial charge in [-0.2, -0.15) is 0 Å². The molecule has 1 fully saturated rings. The monoisotopic (exact) mass is 209 g/mol. The minimum atomic E-state index is -0.797. The third-order valence-corrected chi connectivity index (χ3v) is 2.83. The van der Waals surface area contributed by atoms with Gasteiger partial charge < -0.3 is 10.4 Å². The van der Waals surface area contributed by atoms with Crippen LogP contribution < -0.4 is 5.32 Å². The molecule has 0 unspecified atom stereocenters. The van der Waals surface area contributed by atoms with E-state index < -0.39 is 11.9 Å². The van der Waals surface area contributed by atoms with Gasteiger partial charge in [-0.3, -0.25) is 4.79 Å². The van der Waals surface area contributed by atoms with Crippen LogP contribution in [0.25, 0.3) is 0 Å². The number of carboxylic acid groups (broad SMARTS) is 1. The summed E-state index contributed by atoms with van der Waals surface area (Å²) in [6.07, 6.45) is 0. The van der Waals surface area contributed by atoms with Crippen LogP contribution in [0.5, 0.6) is 0 Å². The van der Waals surface area contributed by atoms with Crippen molar-refractivity contribution in [3.05, 3.63) is 35.6 Å². The van der Waals surface area contributed by atoms with E-state index in [1.807, 2.05) is 0 Å². The molecule has 1 aromatic carbocycles. The molecule has 15 heavy (non-hydrogen) atoms. The number of hydrogen-bond acceptors (Lipinski definition) is 2. The van der Waals surface area contributed by atoms with E-state index in [0.29, 0.717) is 13.1 Å². The van der Waals surface area contributed by atoms with Gasteiger partial charge in [-0.15, -0.1) is 0 Å². The SMILES string of the molecule is O=C(O)[C@@H]1CNC[C@@H]1c1ccc(F)cc1. The number of carbonyl (C=O) groups is 1. The largest absolute Gasteiger partial charge is 0.481 e. The molecule has 0 radical (unpaired) electrons. The molecule has 1 aliphatic rings. The first kappa shape index (κ1) is 10.1. The summed E-state index contributed by atoms with van der Waals surface area (Å²) >= 11 is 0. The van der Waals surface area contributed by atoms with Gasteiger partial charge >= 0.3 is 5.97 Å². The summed E-state index contributed by atoms with van der Waals surface area (Å²) in [5, 5.41) is 12.0. The first-order chi connectivity index (χ1) is 7.18. The summed E-state index contributed by atoms with van der Waals surface area (Å²) in [4.78, 5) is 10.9. The third kappa shape index (κ3) is 1.99. The normalized spacial score (nSPS) is 25.4. The van der Waals surface area contributed by atoms with Gasteiger partial charge in [0.25, 0.3) is 0 Å². The summed E-state index contributed by atoms with van der Waals surface area (Å²) in [6, 6.07) is 6.05. The smallest absolute Gasteiger partial charge is 0.308 e. The lowest BCUT2D eigenvalue weighted by Gasteiger charge is -2.14. The summed E-state index contributed by atoms with van der Waals surface area (Å²) < 4.78 is 12.7. The van der Waals surface area contributed by atoms with Crippen molar-refractivity contribution in [1.29, 1.82) is 0 Å². The van der Waals surface area contributed by atoms with Crippen molar-refractivity contribution < 1.29 is 14.3 Å². The van der Waals surface area contributed by atoms with E-state index in [4.69, 9.17) is 5.11 Å². The molecule has 1 heterocycles. The molecule has 0 aliphatic carbocycles. The predicted octanol–water partition coefficient (Wildman–Crippen LogP) is 1.21. The molecule has 1 saturated heterocycles. The van der Waals surface area contributed by atoms with E-state index in [0.717, 1.165) is 5.56 Å². The molecule has 80 valence electrons. The molecule has 0 bridgehead atoms. The van der Waals surface area contributed by atoms with Crippen LogP contribution in [0.2, 0.25) is 0 Å². The molecule has 1 aromatic rings. The van der Waals surface area contributed by atoms with Gasteiger partial charge in [0.1, 0.15) is 5.82 Å². The van der Waals surface area contributed by atoms with E-state index >= 15 is 0 Å². The molecule has 1 aliphatic heterocycles. The van der Waals surface area contributed by atoms with Crippen LogP contribution in [-0.2, 0) is 4.79 Å². The van der Waals surface area contributed by atoms with Crippen molar-refractivity contribution in [3.63, 3.8) is 0 Å². The molecule has 2 N–H and O–H groups in total. The van der Waals surface area contributed by atoms with Gasteiger partial charge in [-0.05, 0) is 17.7 Å². The maximum absolute atomic E-state index is 12.7. The first-order valence-corrected chi connectivity index (χ1v) is 4.87. The van der Waals surface area contributed by atoms with Crippen molar-refractivity contribution in [2.24, 2.45) is 5.92 Å². The zero-order valence-electron chi connectivity index (χ0n) is 8.11. The predicted molar refractivity (Wildman–Crippen MR) is 53.1 cm³/mol. The second-order valence-electron chi connectivity index (χ2n) is 3.76. The highest BCUT2D eigenvalue weighted by molar-refractivity contribution is 5.72. The maximum atomic E-state index is 12.7. The molecular weight excluding hydrogens is 197 g/mol. The van der Waals surface area contributed by atoms with Crippen LogP contribution in [0.4, 0.5) is 4.39 Å². The fourth-order valence-corrected chi connectivity index (χ4v) is 2.00. The maximum Gasteiger partial charge on any atom is 0.308 e. The van der Waals surface area contributed by atoms with Crippen LogP contribution in [0.15, 0.2) is 24.3 Å². The quantitative estimate of drug-likeness (QED) is 0.769.